The van der Waals surface area contributed by atoms with Crippen LogP contribution in [0.5, 0.6) is 0 Å². The first-order chi connectivity index (χ1) is 8.70. The Balaban J connectivity index is 2.27. The number of rotatable bonds is 5. The van der Waals surface area contributed by atoms with Gasteiger partial charge in [0.25, 0.3) is 5.69 Å². The number of nitrogens with one attached hydrogen (secondary N) is 1. The van der Waals surface area contributed by atoms with Crippen LogP contribution in [0.2, 0.25) is 0 Å². The maximum Gasteiger partial charge on any atom is 0.292 e. The van der Waals surface area contributed by atoms with Gasteiger partial charge in [0.2, 0.25) is 0 Å². The first-order valence-corrected chi connectivity index (χ1v) is 5.69. The van der Waals surface area contributed by atoms with Crippen LogP contribution >= 0.6 is 0 Å². The quantitative estimate of drug-likeness (QED) is 0.648. The van der Waals surface area contributed by atoms with Crippen LogP contribution in [-0.4, -0.2) is 21.2 Å². The van der Waals surface area contributed by atoms with Gasteiger partial charge in [0.05, 0.1) is 11.5 Å². The summed E-state index contributed by atoms with van der Waals surface area (Å²) in [6.45, 7) is 3.15. The molecule has 1 heterocycles. The van der Waals surface area contributed by atoms with Crippen LogP contribution in [0.15, 0.2) is 36.7 Å². The number of aromatic nitrogens is 2. The molecule has 0 bridgehead atoms. The van der Waals surface area contributed by atoms with Gasteiger partial charge >= 0.3 is 0 Å². The van der Waals surface area contributed by atoms with Gasteiger partial charge in [-0.05, 0) is 24.6 Å². The molecular formula is C12H14N4O2. The predicted molar refractivity (Wildman–Crippen MR) is 68.6 cm³/mol. The fraction of sp³-hybridized carbons (Fsp3) is 0.250. The lowest BCUT2D eigenvalue weighted by Gasteiger charge is -2.07. The molecule has 0 spiro atoms. The topological polar surface area (TPSA) is 73.0 Å². The molecule has 0 aliphatic carbocycles. The van der Waals surface area contributed by atoms with Crippen molar-refractivity contribution in [2.45, 2.75) is 13.5 Å². The Morgan fingerprint density at radius 2 is 2.33 bits per heavy atom. The van der Waals surface area contributed by atoms with Crippen LogP contribution in [0.3, 0.4) is 0 Å². The molecule has 0 saturated carbocycles. The summed E-state index contributed by atoms with van der Waals surface area (Å²) in [7, 11) is 0. The van der Waals surface area contributed by atoms with Gasteiger partial charge in [-0.25, -0.2) is 0 Å². The van der Waals surface area contributed by atoms with E-state index in [-0.39, 0.29) is 10.6 Å². The Morgan fingerprint density at radius 1 is 1.50 bits per heavy atom. The number of nitro groups is 1. The molecule has 1 N–H and O–H groups in total. The largest absolute Gasteiger partial charge is 0.380 e. The molecule has 6 heteroatoms. The van der Waals surface area contributed by atoms with Gasteiger partial charge in [0, 0.05) is 25.0 Å². The lowest BCUT2D eigenvalue weighted by molar-refractivity contribution is -0.384. The molecule has 0 aliphatic rings. The first-order valence-electron chi connectivity index (χ1n) is 5.69. The van der Waals surface area contributed by atoms with E-state index in [0.29, 0.717) is 18.8 Å². The predicted octanol–water partition coefficient (Wildman–Crippen LogP) is 2.27. The highest BCUT2D eigenvalue weighted by Gasteiger charge is 2.13. The van der Waals surface area contributed by atoms with E-state index in [0.717, 1.165) is 5.56 Å². The Labute approximate surface area is 104 Å². The van der Waals surface area contributed by atoms with Gasteiger partial charge in [0.15, 0.2) is 0 Å². The molecule has 0 radical (unpaired) electrons. The average molecular weight is 246 g/mol. The number of benzene rings is 1. The number of nitro benzene ring substituents is 1. The minimum absolute atomic E-state index is 0.0982. The second kappa shape index (κ2) is 5.31. The first kappa shape index (κ1) is 12.1. The summed E-state index contributed by atoms with van der Waals surface area (Å²) in [6.07, 6.45) is 3.56. The van der Waals surface area contributed by atoms with Crippen LogP contribution in [0.25, 0.3) is 0 Å². The third-order valence-corrected chi connectivity index (χ3v) is 2.53. The average Bonchev–Trinajstić information content (AvgIpc) is 2.82. The fourth-order valence-corrected chi connectivity index (χ4v) is 1.75. The fourth-order valence-electron chi connectivity index (χ4n) is 1.75. The monoisotopic (exact) mass is 246 g/mol. The van der Waals surface area contributed by atoms with Crippen LogP contribution in [0.1, 0.15) is 12.5 Å². The van der Waals surface area contributed by atoms with Crippen molar-refractivity contribution in [2.24, 2.45) is 0 Å². The highest BCUT2D eigenvalue weighted by atomic mass is 16.6. The van der Waals surface area contributed by atoms with Gasteiger partial charge in [-0.2, -0.15) is 5.10 Å². The molecule has 6 nitrogen and oxygen atoms in total. The van der Waals surface area contributed by atoms with E-state index in [1.165, 1.54) is 6.07 Å². The molecule has 0 amide bonds. The van der Waals surface area contributed by atoms with Crippen molar-refractivity contribution in [1.29, 1.82) is 0 Å². The van der Waals surface area contributed by atoms with E-state index in [9.17, 15) is 10.1 Å². The number of hydrogen-bond acceptors (Lipinski definition) is 4. The lowest BCUT2D eigenvalue weighted by atomic mass is 10.1. The molecule has 2 aromatic rings. The maximum atomic E-state index is 10.9. The Hall–Kier alpha value is -2.37. The third-order valence-electron chi connectivity index (χ3n) is 2.53. The van der Waals surface area contributed by atoms with Gasteiger partial charge in [-0.3, -0.25) is 14.8 Å². The summed E-state index contributed by atoms with van der Waals surface area (Å²) in [5.74, 6) is 0. The van der Waals surface area contributed by atoms with E-state index >= 15 is 0 Å². The maximum absolute atomic E-state index is 10.9. The molecule has 0 aliphatic heterocycles. The van der Waals surface area contributed by atoms with Gasteiger partial charge in [-0.1, -0.05) is 6.07 Å². The third kappa shape index (κ3) is 2.65. The van der Waals surface area contributed by atoms with Crippen molar-refractivity contribution < 1.29 is 4.92 Å². The van der Waals surface area contributed by atoms with Crippen molar-refractivity contribution in [2.75, 3.05) is 11.9 Å². The lowest BCUT2D eigenvalue weighted by Crippen LogP contribution is -2.04. The molecule has 94 valence electrons. The van der Waals surface area contributed by atoms with E-state index in [1.54, 1.807) is 23.0 Å². The smallest absolute Gasteiger partial charge is 0.292 e. The van der Waals surface area contributed by atoms with Gasteiger partial charge < -0.3 is 5.32 Å². The molecular weight excluding hydrogens is 232 g/mol. The van der Waals surface area contributed by atoms with Crippen molar-refractivity contribution in [3.8, 4) is 0 Å². The summed E-state index contributed by atoms with van der Waals surface area (Å²) < 4.78 is 1.77. The Morgan fingerprint density at radius 3 is 2.94 bits per heavy atom. The zero-order valence-electron chi connectivity index (χ0n) is 10.0. The summed E-state index contributed by atoms with van der Waals surface area (Å²) in [6, 6.07) is 6.91. The highest BCUT2D eigenvalue weighted by molar-refractivity contribution is 5.62. The van der Waals surface area contributed by atoms with Gasteiger partial charge in [0.1, 0.15) is 5.69 Å². The molecule has 18 heavy (non-hydrogen) atoms. The zero-order chi connectivity index (χ0) is 13.0. The van der Waals surface area contributed by atoms with E-state index < -0.39 is 0 Å². The van der Waals surface area contributed by atoms with E-state index in [1.807, 2.05) is 19.2 Å². The minimum Gasteiger partial charge on any atom is -0.380 e. The van der Waals surface area contributed by atoms with Gasteiger partial charge in [-0.15, -0.1) is 0 Å². The SMILES string of the molecule is CCNc1cc(Cn2cccn2)ccc1[N+](=O)[O-]. The summed E-state index contributed by atoms with van der Waals surface area (Å²) in [4.78, 5) is 10.5. The van der Waals surface area contributed by atoms with Crippen LogP contribution in [-0.2, 0) is 6.54 Å². The molecule has 1 aromatic heterocycles. The summed E-state index contributed by atoms with van der Waals surface area (Å²) in [5, 5.41) is 18.0. The number of nitrogens with zero attached hydrogens (tertiary/aromatic N) is 3. The number of anilines is 1. The normalized spacial score (nSPS) is 10.3. The van der Waals surface area contributed by atoms with Crippen LogP contribution < -0.4 is 5.32 Å². The molecule has 2 rings (SSSR count). The second-order valence-electron chi connectivity index (χ2n) is 3.84. The van der Waals surface area contributed by atoms with Crippen molar-refractivity contribution in [3.63, 3.8) is 0 Å². The molecule has 0 fully saturated rings. The summed E-state index contributed by atoms with van der Waals surface area (Å²) >= 11 is 0. The van der Waals surface area contributed by atoms with Crippen LogP contribution in [0.4, 0.5) is 11.4 Å². The van der Waals surface area contributed by atoms with E-state index in [2.05, 4.69) is 10.4 Å². The minimum atomic E-state index is -0.379. The standard InChI is InChI=1S/C12H14N4O2/c1-2-13-11-8-10(4-5-12(11)16(17)18)9-15-7-3-6-14-15/h3-8,13H,2,9H2,1H3. The molecule has 0 saturated heterocycles. The summed E-state index contributed by atoms with van der Waals surface area (Å²) in [5.41, 5.74) is 1.62. The molecule has 0 atom stereocenters. The Bertz CT molecular complexity index is 537. The zero-order valence-corrected chi connectivity index (χ0v) is 10.0. The number of hydrogen-bond donors (Lipinski definition) is 1. The Kier molecular flexibility index (Phi) is 3.57. The second-order valence-corrected chi connectivity index (χ2v) is 3.84. The van der Waals surface area contributed by atoms with Crippen molar-refractivity contribution in [1.82, 2.24) is 9.78 Å². The molecule has 0 unspecified atom stereocenters. The van der Waals surface area contributed by atoms with Crippen molar-refractivity contribution >= 4 is 11.4 Å². The molecule has 1 aromatic carbocycles. The van der Waals surface area contributed by atoms with Crippen molar-refractivity contribution in [3.05, 3.63) is 52.3 Å². The van der Waals surface area contributed by atoms with Crippen LogP contribution in [0, 0.1) is 10.1 Å². The van der Waals surface area contributed by atoms with E-state index in [4.69, 9.17) is 0 Å². The highest BCUT2D eigenvalue weighted by Crippen LogP contribution is 2.25.